The van der Waals surface area contributed by atoms with Gasteiger partial charge in [0.1, 0.15) is 0 Å². The Bertz CT molecular complexity index is 516. The van der Waals surface area contributed by atoms with E-state index in [1.807, 2.05) is 0 Å². The third-order valence-electron chi connectivity index (χ3n) is 4.60. The molecule has 1 atom stereocenters. The van der Waals surface area contributed by atoms with Gasteiger partial charge in [0.05, 0.1) is 4.92 Å². The Morgan fingerprint density at radius 3 is 2.60 bits per heavy atom. The number of carbonyl (C=O) groups is 1. The molecule has 1 saturated heterocycles. The smallest absolute Gasteiger partial charge is 0.247 e. The predicted molar refractivity (Wildman–Crippen MR) is 73.8 cm³/mol. The molecular formula is C14H19N3O3. The van der Waals surface area contributed by atoms with Gasteiger partial charge in [-0.1, -0.05) is 0 Å². The molecule has 6 nitrogen and oxygen atoms in total. The Hall–Kier alpha value is -1.53. The van der Waals surface area contributed by atoms with E-state index < -0.39 is 0 Å². The molecule has 0 amide bonds. The van der Waals surface area contributed by atoms with Crippen LogP contribution in [0.5, 0.6) is 0 Å². The van der Waals surface area contributed by atoms with E-state index in [1.54, 1.807) is 0 Å². The molecule has 1 aliphatic heterocycles. The first kappa shape index (κ1) is 13.5. The Balaban J connectivity index is 1.83. The van der Waals surface area contributed by atoms with Crippen LogP contribution in [-0.4, -0.2) is 59.8 Å². The second-order valence-corrected chi connectivity index (χ2v) is 5.81. The molecule has 108 valence electrons. The maximum Gasteiger partial charge on any atom is 0.247 e. The van der Waals surface area contributed by atoms with Gasteiger partial charge in [-0.25, -0.2) is 0 Å². The molecule has 20 heavy (non-hydrogen) atoms. The quantitative estimate of drug-likeness (QED) is 0.552. The van der Waals surface area contributed by atoms with Crippen LogP contribution >= 0.6 is 0 Å². The number of carbonyl (C=O) groups excluding carboxylic acids is 1. The zero-order valence-corrected chi connectivity index (χ0v) is 11.7. The van der Waals surface area contributed by atoms with Gasteiger partial charge in [-0.05, 0) is 19.0 Å². The fourth-order valence-electron chi connectivity index (χ4n) is 3.37. The molecule has 0 radical (unpaired) electrons. The van der Waals surface area contributed by atoms with Gasteiger partial charge >= 0.3 is 0 Å². The minimum Gasteiger partial charge on any atom is -0.304 e. The van der Waals surface area contributed by atoms with Crippen molar-refractivity contribution < 1.29 is 9.72 Å². The van der Waals surface area contributed by atoms with Crippen LogP contribution in [-0.2, 0) is 4.79 Å². The van der Waals surface area contributed by atoms with Crippen molar-refractivity contribution >= 4 is 5.78 Å². The van der Waals surface area contributed by atoms with Crippen LogP contribution in [0.25, 0.3) is 0 Å². The van der Waals surface area contributed by atoms with Crippen LogP contribution in [0.4, 0.5) is 0 Å². The second kappa shape index (κ2) is 5.10. The Morgan fingerprint density at radius 2 is 1.95 bits per heavy atom. The molecule has 1 unspecified atom stereocenters. The summed E-state index contributed by atoms with van der Waals surface area (Å²) in [7, 11) is 2.11. The topological polar surface area (TPSA) is 66.7 Å². The molecule has 1 heterocycles. The van der Waals surface area contributed by atoms with Crippen LogP contribution in [0.15, 0.2) is 22.9 Å². The van der Waals surface area contributed by atoms with Crippen molar-refractivity contribution in [2.24, 2.45) is 0 Å². The zero-order valence-electron chi connectivity index (χ0n) is 11.7. The zero-order chi connectivity index (χ0) is 14.3. The first-order chi connectivity index (χ1) is 9.56. The predicted octanol–water partition coefficient (Wildman–Crippen LogP) is 0.826. The third-order valence-corrected chi connectivity index (χ3v) is 4.60. The number of nitrogens with zero attached hydrogens (tertiary/aromatic N) is 3. The number of hydrogen-bond acceptors (Lipinski definition) is 5. The molecule has 3 rings (SSSR count). The third kappa shape index (κ3) is 2.29. The number of nitro groups is 1. The van der Waals surface area contributed by atoms with Gasteiger partial charge in [0.25, 0.3) is 0 Å². The maximum absolute atomic E-state index is 12.1. The maximum atomic E-state index is 12.1. The van der Waals surface area contributed by atoms with Gasteiger partial charge in [-0.15, -0.1) is 0 Å². The average Bonchev–Trinajstić information content (AvgIpc) is 2.76. The summed E-state index contributed by atoms with van der Waals surface area (Å²) in [4.78, 5) is 27.3. The number of ketones is 1. The highest BCUT2D eigenvalue weighted by molar-refractivity contribution is 6.02. The van der Waals surface area contributed by atoms with Gasteiger partial charge in [0, 0.05) is 56.7 Å². The lowest BCUT2D eigenvalue weighted by Gasteiger charge is -2.37. The van der Waals surface area contributed by atoms with E-state index in [9.17, 15) is 14.9 Å². The molecule has 3 aliphatic rings. The van der Waals surface area contributed by atoms with Crippen molar-refractivity contribution in [3.05, 3.63) is 33.0 Å². The molecule has 2 aliphatic carbocycles. The van der Waals surface area contributed by atoms with Crippen LogP contribution in [0.2, 0.25) is 0 Å². The summed E-state index contributed by atoms with van der Waals surface area (Å²) in [5, 5.41) is 10.9. The number of allylic oxidation sites excluding steroid dienone is 3. The fraction of sp³-hybridized carbons (Fsp3) is 0.643. The van der Waals surface area contributed by atoms with Crippen LogP contribution < -0.4 is 0 Å². The van der Waals surface area contributed by atoms with Crippen molar-refractivity contribution in [2.45, 2.75) is 25.3 Å². The van der Waals surface area contributed by atoms with E-state index in [0.717, 1.165) is 31.8 Å². The lowest BCUT2D eigenvalue weighted by atomic mass is 9.95. The first-order valence-corrected chi connectivity index (χ1v) is 7.10. The Labute approximate surface area is 117 Å². The highest BCUT2D eigenvalue weighted by atomic mass is 16.6. The summed E-state index contributed by atoms with van der Waals surface area (Å²) in [6.45, 7) is 3.97. The summed E-state index contributed by atoms with van der Waals surface area (Å²) < 4.78 is 0. The molecule has 0 saturated carbocycles. The Morgan fingerprint density at radius 1 is 1.25 bits per heavy atom. The van der Waals surface area contributed by atoms with Crippen molar-refractivity contribution in [2.75, 3.05) is 33.2 Å². The molecule has 0 aromatic rings. The van der Waals surface area contributed by atoms with Crippen LogP contribution in [0, 0.1) is 10.1 Å². The molecule has 0 bridgehead atoms. The largest absolute Gasteiger partial charge is 0.304 e. The van der Waals surface area contributed by atoms with E-state index in [0.29, 0.717) is 24.8 Å². The van der Waals surface area contributed by atoms with Gasteiger partial charge in [-0.3, -0.25) is 19.8 Å². The van der Waals surface area contributed by atoms with Gasteiger partial charge in [-0.2, -0.15) is 0 Å². The van der Waals surface area contributed by atoms with E-state index in [4.69, 9.17) is 0 Å². The summed E-state index contributed by atoms with van der Waals surface area (Å²) in [5.74, 6) is 0.0722. The van der Waals surface area contributed by atoms with Crippen LogP contribution in [0.3, 0.4) is 0 Å². The highest BCUT2D eigenvalue weighted by Crippen LogP contribution is 2.37. The van der Waals surface area contributed by atoms with E-state index >= 15 is 0 Å². The number of rotatable bonds is 2. The van der Waals surface area contributed by atoms with E-state index in [1.165, 1.54) is 6.08 Å². The van der Waals surface area contributed by atoms with E-state index in [2.05, 4.69) is 16.8 Å². The van der Waals surface area contributed by atoms with Crippen LogP contribution in [0.1, 0.15) is 19.3 Å². The molecule has 1 fully saturated rings. The summed E-state index contributed by atoms with van der Waals surface area (Å²) in [6, 6.07) is 0.177. The minimum absolute atomic E-state index is 0.0722. The second-order valence-electron chi connectivity index (χ2n) is 5.81. The molecule has 6 heteroatoms. The van der Waals surface area contributed by atoms with Gasteiger partial charge < -0.3 is 4.90 Å². The monoisotopic (exact) mass is 277 g/mol. The lowest BCUT2D eigenvalue weighted by molar-refractivity contribution is -0.428. The van der Waals surface area contributed by atoms with E-state index in [-0.39, 0.29) is 22.4 Å². The average molecular weight is 277 g/mol. The van der Waals surface area contributed by atoms with Crippen molar-refractivity contribution in [1.82, 2.24) is 9.80 Å². The van der Waals surface area contributed by atoms with Crippen molar-refractivity contribution in [3.8, 4) is 0 Å². The molecule has 0 aromatic heterocycles. The van der Waals surface area contributed by atoms with Crippen molar-refractivity contribution in [3.63, 3.8) is 0 Å². The van der Waals surface area contributed by atoms with Crippen molar-refractivity contribution in [1.29, 1.82) is 0 Å². The molecule has 0 N–H and O–H groups in total. The van der Waals surface area contributed by atoms with Gasteiger partial charge in [0.15, 0.2) is 5.78 Å². The molecular weight excluding hydrogens is 258 g/mol. The molecule has 0 spiro atoms. The number of piperazine rings is 1. The number of hydrogen-bond donors (Lipinski definition) is 0. The summed E-state index contributed by atoms with van der Waals surface area (Å²) in [5.41, 5.74) is 1.92. The fourth-order valence-corrected chi connectivity index (χ4v) is 3.37. The van der Waals surface area contributed by atoms with Gasteiger partial charge in [0.2, 0.25) is 5.70 Å². The lowest BCUT2D eigenvalue weighted by Crippen LogP contribution is -2.49. The highest BCUT2D eigenvalue weighted by Gasteiger charge is 2.38. The Kier molecular flexibility index (Phi) is 3.43. The standard InChI is InChI=1S/C14H19N3O3/c1-15-4-6-16(7-5-15)13-9-14(18)12-8-10(17(19)20)2-3-11(12)13/h8,13H,2-7,9H2,1H3. The normalized spacial score (nSPS) is 28.6. The SMILES string of the molecule is CN1CCN(C2CC(=O)C3=C2CCC([N+](=O)[O-])=C3)CC1. The number of Topliss-reactive ketones (excluding diaryl/α,β-unsaturated/α-hetero) is 1. The minimum atomic E-state index is -0.361. The first-order valence-electron chi connectivity index (χ1n) is 7.10. The summed E-state index contributed by atoms with van der Waals surface area (Å²) in [6.07, 6.45) is 3.11. The molecule has 0 aromatic carbocycles. The number of likely N-dealkylation sites (N-methyl/N-ethyl adjacent to an activating group) is 1. The summed E-state index contributed by atoms with van der Waals surface area (Å²) >= 11 is 0.